The number of carbonyl (C=O) groups excluding carboxylic acids is 3. The molecule has 0 N–H and O–H groups in total. The fourth-order valence-electron chi connectivity index (χ4n) is 6.57. The van der Waals surface area contributed by atoms with Crippen molar-refractivity contribution in [3.8, 4) is 0 Å². The summed E-state index contributed by atoms with van der Waals surface area (Å²) >= 11 is 0. The molecule has 1 unspecified atom stereocenters. The van der Waals surface area contributed by atoms with Crippen LogP contribution in [0.5, 0.6) is 0 Å². The van der Waals surface area contributed by atoms with Gasteiger partial charge < -0.3 is 14.2 Å². The van der Waals surface area contributed by atoms with Crippen molar-refractivity contribution < 1.29 is 28.6 Å². The van der Waals surface area contributed by atoms with Crippen LogP contribution in [0.1, 0.15) is 207 Å². The Morgan fingerprint density at radius 1 is 0.344 bits per heavy atom. The minimum atomic E-state index is -0.817. The van der Waals surface area contributed by atoms with Crippen molar-refractivity contribution in [2.45, 2.75) is 213 Å². The first-order chi connectivity index (χ1) is 31.5. The Morgan fingerprint density at radius 2 is 0.688 bits per heavy atom. The summed E-state index contributed by atoms with van der Waals surface area (Å²) in [4.78, 5) is 37.9. The second-order valence-electron chi connectivity index (χ2n) is 16.5. The van der Waals surface area contributed by atoms with Gasteiger partial charge in [0.25, 0.3) is 0 Å². The lowest BCUT2D eigenvalue weighted by atomic mass is 10.1. The molecular formula is C58H92O6. The maximum absolute atomic E-state index is 12.8. The van der Waals surface area contributed by atoms with Gasteiger partial charge in [-0.25, -0.2) is 0 Å². The minimum absolute atomic E-state index is 0.117. The predicted octanol–water partition coefficient (Wildman–Crippen LogP) is 16.9. The van der Waals surface area contributed by atoms with Crippen LogP contribution < -0.4 is 0 Å². The van der Waals surface area contributed by atoms with Gasteiger partial charge in [0.2, 0.25) is 0 Å². The Balaban J connectivity index is 4.48. The van der Waals surface area contributed by atoms with Crippen LogP contribution in [0.4, 0.5) is 0 Å². The first kappa shape index (κ1) is 59.8. The minimum Gasteiger partial charge on any atom is -0.462 e. The van der Waals surface area contributed by atoms with Gasteiger partial charge in [0.15, 0.2) is 6.10 Å². The van der Waals surface area contributed by atoms with Gasteiger partial charge in [-0.05, 0) is 89.9 Å². The molecule has 0 saturated carbocycles. The SMILES string of the molecule is CC\C=C/C=C\C=C/C=C\C=C\C=C/C=C\CCCCCC(=O)OCC(COC(=O)CCCC/C=C\C/C=C\CC)OC(=O)CCCCCCC/C=C\CCCCCCCCCCC. The van der Waals surface area contributed by atoms with E-state index in [1.807, 2.05) is 72.9 Å². The molecule has 64 heavy (non-hydrogen) atoms. The van der Waals surface area contributed by atoms with E-state index in [1.54, 1.807) is 0 Å². The number of hydrogen-bond acceptors (Lipinski definition) is 6. The fourth-order valence-corrected chi connectivity index (χ4v) is 6.57. The van der Waals surface area contributed by atoms with Gasteiger partial charge in [0.05, 0.1) is 0 Å². The van der Waals surface area contributed by atoms with E-state index in [4.69, 9.17) is 14.2 Å². The zero-order valence-corrected chi connectivity index (χ0v) is 41.0. The van der Waals surface area contributed by atoms with Crippen molar-refractivity contribution in [3.05, 3.63) is 122 Å². The smallest absolute Gasteiger partial charge is 0.306 e. The van der Waals surface area contributed by atoms with Crippen LogP contribution in [0.25, 0.3) is 0 Å². The molecule has 360 valence electrons. The van der Waals surface area contributed by atoms with Gasteiger partial charge in [-0.2, -0.15) is 0 Å². The topological polar surface area (TPSA) is 78.9 Å². The maximum atomic E-state index is 12.8. The quantitative estimate of drug-likeness (QED) is 0.0199. The number of carbonyl (C=O) groups is 3. The average molecular weight is 885 g/mol. The van der Waals surface area contributed by atoms with Crippen LogP contribution in [0.3, 0.4) is 0 Å². The number of ether oxygens (including phenoxy) is 3. The molecule has 0 radical (unpaired) electrons. The number of hydrogen-bond donors (Lipinski definition) is 0. The molecule has 1 atom stereocenters. The second-order valence-corrected chi connectivity index (χ2v) is 16.5. The van der Waals surface area contributed by atoms with Crippen LogP contribution >= 0.6 is 0 Å². The van der Waals surface area contributed by atoms with E-state index in [2.05, 4.69) is 69.4 Å². The van der Waals surface area contributed by atoms with Crippen LogP contribution in [-0.2, 0) is 28.6 Å². The molecule has 0 spiro atoms. The highest BCUT2D eigenvalue weighted by Gasteiger charge is 2.19. The molecule has 6 heteroatoms. The summed E-state index contributed by atoms with van der Waals surface area (Å²) < 4.78 is 16.7. The Kier molecular flexibility index (Phi) is 48.1. The molecule has 0 saturated heterocycles. The van der Waals surface area contributed by atoms with Crippen LogP contribution in [0, 0.1) is 0 Å². The van der Waals surface area contributed by atoms with Crippen molar-refractivity contribution in [2.75, 3.05) is 13.2 Å². The molecule has 0 heterocycles. The van der Waals surface area contributed by atoms with Crippen molar-refractivity contribution in [1.29, 1.82) is 0 Å². The first-order valence-corrected chi connectivity index (χ1v) is 25.6. The van der Waals surface area contributed by atoms with Gasteiger partial charge in [-0.15, -0.1) is 0 Å². The van der Waals surface area contributed by atoms with E-state index in [1.165, 1.54) is 70.6 Å². The zero-order valence-electron chi connectivity index (χ0n) is 41.0. The van der Waals surface area contributed by atoms with E-state index < -0.39 is 6.10 Å². The van der Waals surface area contributed by atoms with Gasteiger partial charge in [0.1, 0.15) is 13.2 Å². The zero-order chi connectivity index (χ0) is 46.5. The third kappa shape index (κ3) is 48.8. The molecule has 0 aromatic carbocycles. The van der Waals surface area contributed by atoms with Gasteiger partial charge in [-0.3, -0.25) is 14.4 Å². The summed E-state index contributed by atoms with van der Waals surface area (Å²) in [7, 11) is 0. The average Bonchev–Trinajstić information content (AvgIpc) is 3.29. The largest absolute Gasteiger partial charge is 0.462 e. The molecule has 0 fully saturated rings. The van der Waals surface area contributed by atoms with Gasteiger partial charge in [-0.1, -0.05) is 219 Å². The number of esters is 3. The van der Waals surface area contributed by atoms with Gasteiger partial charge in [0, 0.05) is 19.3 Å². The summed E-state index contributed by atoms with van der Waals surface area (Å²) in [6.07, 6.45) is 70.5. The Morgan fingerprint density at radius 3 is 1.19 bits per heavy atom. The number of rotatable bonds is 44. The highest BCUT2D eigenvalue weighted by molar-refractivity contribution is 5.71. The molecule has 0 bridgehead atoms. The summed E-state index contributed by atoms with van der Waals surface area (Å²) in [6.45, 7) is 6.27. The Labute approximate surface area is 392 Å². The molecule has 0 rings (SSSR count). The maximum Gasteiger partial charge on any atom is 0.306 e. The molecule has 0 aliphatic heterocycles. The fraction of sp³-hybridized carbons (Fsp3) is 0.603. The standard InChI is InChI=1S/C58H92O6/c1-4-7-10-13-16-19-21-23-25-27-29-31-32-34-36-39-42-45-48-51-57(60)63-54-55(53-62-56(59)50-47-44-41-38-18-15-12-9-6-3)64-58(61)52-49-46-43-40-37-35-33-30-28-26-24-22-20-17-14-11-8-5-2/h7,9-10,12-13,16,18-19,21,23,25,27,29-34,36,38,55H,4-6,8,11,14-15,17,20,22,24,26,28,35,37,39-54H2,1-3H3/b10-7-,12-9-,16-13-,21-19-,25-23-,29-27+,32-31-,33-30-,36-34-,38-18-. The van der Waals surface area contributed by atoms with Crippen LogP contribution in [0.15, 0.2) is 122 Å². The summed E-state index contributed by atoms with van der Waals surface area (Å²) in [5, 5.41) is 0. The predicted molar refractivity (Wildman–Crippen MR) is 274 cm³/mol. The van der Waals surface area contributed by atoms with E-state index in [-0.39, 0.29) is 31.1 Å². The first-order valence-electron chi connectivity index (χ1n) is 25.6. The Hall–Kier alpha value is -4.19. The third-order valence-corrected chi connectivity index (χ3v) is 10.4. The second kappa shape index (κ2) is 51.4. The lowest BCUT2D eigenvalue weighted by molar-refractivity contribution is -0.167. The van der Waals surface area contributed by atoms with Crippen molar-refractivity contribution in [1.82, 2.24) is 0 Å². The third-order valence-electron chi connectivity index (χ3n) is 10.4. The monoisotopic (exact) mass is 885 g/mol. The molecule has 0 amide bonds. The lowest BCUT2D eigenvalue weighted by Crippen LogP contribution is -2.30. The number of unbranched alkanes of at least 4 members (excludes halogenated alkanes) is 19. The molecular weight excluding hydrogens is 793 g/mol. The van der Waals surface area contributed by atoms with Crippen LogP contribution in [-0.4, -0.2) is 37.2 Å². The molecule has 0 aliphatic rings. The van der Waals surface area contributed by atoms with Gasteiger partial charge >= 0.3 is 17.9 Å². The van der Waals surface area contributed by atoms with Crippen molar-refractivity contribution in [2.24, 2.45) is 0 Å². The van der Waals surface area contributed by atoms with Crippen molar-refractivity contribution in [3.63, 3.8) is 0 Å². The van der Waals surface area contributed by atoms with E-state index in [9.17, 15) is 14.4 Å². The Bertz CT molecular complexity index is 1390. The summed E-state index contributed by atoms with van der Waals surface area (Å²) in [5.74, 6) is -1.01. The number of allylic oxidation sites excluding steroid dienone is 20. The lowest BCUT2D eigenvalue weighted by Gasteiger charge is -2.18. The highest BCUT2D eigenvalue weighted by Crippen LogP contribution is 2.13. The van der Waals surface area contributed by atoms with Crippen molar-refractivity contribution >= 4 is 17.9 Å². The summed E-state index contributed by atoms with van der Waals surface area (Å²) in [6, 6.07) is 0. The van der Waals surface area contributed by atoms with Crippen LogP contribution in [0.2, 0.25) is 0 Å². The summed E-state index contributed by atoms with van der Waals surface area (Å²) in [5.41, 5.74) is 0. The highest BCUT2D eigenvalue weighted by atomic mass is 16.6. The van der Waals surface area contributed by atoms with E-state index in [0.29, 0.717) is 19.3 Å². The molecule has 0 aromatic rings. The molecule has 0 aromatic heterocycles. The molecule has 0 aliphatic carbocycles. The van der Waals surface area contributed by atoms with E-state index >= 15 is 0 Å². The van der Waals surface area contributed by atoms with E-state index in [0.717, 1.165) is 96.3 Å². The molecule has 6 nitrogen and oxygen atoms in total. The normalized spacial score (nSPS) is 13.1.